The van der Waals surface area contributed by atoms with Crippen molar-refractivity contribution in [3.05, 3.63) is 35.9 Å². The van der Waals surface area contributed by atoms with Gasteiger partial charge in [0.25, 0.3) is 0 Å². The van der Waals surface area contributed by atoms with E-state index in [0.29, 0.717) is 18.4 Å². The Labute approximate surface area is 105 Å². The molecule has 3 rings (SSSR count). The first kappa shape index (κ1) is 11.3. The molecule has 0 aromatic heterocycles. The number of hydrogen-bond donors (Lipinski definition) is 0. The van der Waals surface area contributed by atoms with E-state index in [1.165, 1.54) is 0 Å². The molecule has 0 bridgehead atoms. The van der Waals surface area contributed by atoms with Crippen LogP contribution in [0.4, 0.5) is 0 Å². The second kappa shape index (κ2) is 4.44. The van der Waals surface area contributed by atoms with E-state index in [0.717, 1.165) is 6.42 Å². The molecule has 1 saturated heterocycles. The van der Waals surface area contributed by atoms with Crippen molar-refractivity contribution < 1.29 is 19.1 Å². The van der Waals surface area contributed by atoms with Crippen molar-refractivity contribution in [1.29, 1.82) is 0 Å². The van der Waals surface area contributed by atoms with Gasteiger partial charge in [0.15, 0.2) is 0 Å². The van der Waals surface area contributed by atoms with Gasteiger partial charge in [-0.15, -0.1) is 0 Å². The van der Waals surface area contributed by atoms with E-state index >= 15 is 0 Å². The highest BCUT2D eigenvalue weighted by Crippen LogP contribution is 2.38. The molecule has 4 nitrogen and oxygen atoms in total. The van der Waals surface area contributed by atoms with Gasteiger partial charge in [0.1, 0.15) is 12.2 Å². The number of rotatable bonds is 2. The van der Waals surface area contributed by atoms with Crippen molar-refractivity contribution in [3.63, 3.8) is 0 Å². The first-order valence-corrected chi connectivity index (χ1v) is 6.18. The summed E-state index contributed by atoms with van der Waals surface area (Å²) in [5.74, 6) is -0.198. The van der Waals surface area contributed by atoms with Gasteiger partial charge in [-0.25, -0.2) is 4.79 Å². The molecule has 1 heterocycles. The molecule has 94 valence electrons. The highest BCUT2D eigenvalue weighted by atomic mass is 16.6. The number of hydrogen-bond acceptors (Lipinski definition) is 4. The third-order valence-corrected chi connectivity index (χ3v) is 3.58. The number of carbonyl (C=O) groups excluding carboxylic acids is 2. The van der Waals surface area contributed by atoms with E-state index in [1.54, 1.807) is 12.1 Å². The Morgan fingerprint density at radius 1 is 1.22 bits per heavy atom. The van der Waals surface area contributed by atoms with Gasteiger partial charge in [0.05, 0.1) is 12.0 Å². The first-order chi connectivity index (χ1) is 8.72. The predicted octanol–water partition coefficient (Wildman–Crippen LogP) is 1.94. The third-order valence-electron chi connectivity index (χ3n) is 3.58. The van der Waals surface area contributed by atoms with Gasteiger partial charge in [-0.1, -0.05) is 18.2 Å². The summed E-state index contributed by atoms with van der Waals surface area (Å²) < 4.78 is 10.6. The van der Waals surface area contributed by atoms with E-state index in [2.05, 4.69) is 0 Å². The topological polar surface area (TPSA) is 52.6 Å². The van der Waals surface area contributed by atoms with E-state index < -0.39 is 0 Å². The molecule has 1 aliphatic heterocycles. The van der Waals surface area contributed by atoms with Gasteiger partial charge in [-0.3, -0.25) is 4.79 Å². The second-order valence-electron chi connectivity index (χ2n) is 4.86. The number of fused-ring (bicyclic) bond motifs is 1. The molecule has 2 aliphatic rings. The monoisotopic (exact) mass is 246 g/mol. The lowest BCUT2D eigenvalue weighted by Gasteiger charge is -2.12. The van der Waals surface area contributed by atoms with Crippen molar-refractivity contribution >= 4 is 11.9 Å². The number of benzene rings is 1. The van der Waals surface area contributed by atoms with Crippen LogP contribution in [-0.4, -0.2) is 24.1 Å². The van der Waals surface area contributed by atoms with Crippen molar-refractivity contribution in [1.82, 2.24) is 0 Å². The van der Waals surface area contributed by atoms with Crippen molar-refractivity contribution in [2.45, 2.75) is 31.5 Å². The molecule has 0 amide bonds. The Hall–Kier alpha value is -1.84. The number of esters is 2. The maximum Gasteiger partial charge on any atom is 0.338 e. The fourth-order valence-corrected chi connectivity index (χ4v) is 2.72. The van der Waals surface area contributed by atoms with Crippen molar-refractivity contribution in [3.8, 4) is 0 Å². The van der Waals surface area contributed by atoms with Crippen LogP contribution < -0.4 is 0 Å². The van der Waals surface area contributed by atoms with E-state index in [9.17, 15) is 9.59 Å². The van der Waals surface area contributed by atoms with Gasteiger partial charge in [0.2, 0.25) is 0 Å². The average molecular weight is 246 g/mol. The highest BCUT2D eigenvalue weighted by molar-refractivity contribution is 5.89. The molecule has 3 atom stereocenters. The molecule has 3 unspecified atom stereocenters. The van der Waals surface area contributed by atoms with Crippen molar-refractivity contribution in [2.24, 2.45) is 5.92 Å². The molecule has 18 heavy (non-hydrogen) atoms. The summed E-state index contributed by atoms with van der Waals surface area (Å²) in [4.78, 5) is 22.9. The van der Waals surface area contributed by atoms with Crippen molar-refractivity contribution in [2.75, 3.05) is 0 Å². The Morgan fingerprint density at radius 2 is 2.00 bits per heavy atom. The van der Waals surface area contributed by atoms with Crippen LogP contribution in [0.5, 0.6) is 0 Å². The zero-order valence-corrected chi connectivity index (χ0v) is 9.87. The molecule has 4 heteroatoms. The summed E-state index contributed by atoms with van der Waals surface area (Å²) in [7, 11) is 0. The molecule has 1 aromatic carbocycles. The molecule has 1 aliphatic carbocycles. The normalized spacial score (nSPS) is 29.8. The lowest BCUT2D eigenvalue weighted by Crippen LogP contribution is -2.17. The van der Waals surface area contributed by atoms with Gasteiger partial charge in [-0.2, -0.15) is 0 Å². The second-order valence-corrected chi connectivity index (χ2v) is 4.86. The first-order valence-electron chi connectivity index (χ1n) is 6.18. The van der Waals surface area contributed by atoms with Crippen LogP contribution in [0.15, 0.2) is 30.3 Å². The maximum absolute atomic E-state index is 11.9. The van der Waals surface area contributed by atoms with Crippen LogP contribution in [0, 0.1) is 5.92 Å². The lowest BCUT2D eigenvalue weighted by molar-refractivity contribution is -0.141. The van der Waals surface area contributed by atoms with E-state index in [-0.39, 0.29) is 30.1 Å². The van der Waals surface area contributed by atoms with Gasteiger partial charge in [0, 0.05) is 12.3 Å². The van der Waals surface area contributed by atoms with Crippen LogP contribution >= 0.6 is 0 Å². The zero-order chi connectivity index (χ0) is 12.5. The van der Waals surface area contributed by atoms with Crippen LogP contribution in [0.3, 0.4) is 0 Å². The SMILES string of the molecule is O=C1CC2CC(OC(=O)c3ccccc3)CC2O1. The molecule has 0 spiro atoms. The summed E-state index contributed by atoms with van der Waals surface area (Å²) in [5.41, 5.74) is 0.562. The summed E-state index contributed by atoms with van der Waals surface area (Å²) in [6.45, 7) is 0. The van der Waals surface area contributed by atoms with E-state index in [4.69, 9.17) is 9.47 Å². The summed E-state index contributed by atoms with van der Waals surface area (Å²) in [5, 5.41) is 0. The molecule has 0 N–H and O–H groups in total. The van der Waals surface area contributed by atoms with Gasteiger partial charge in [-0.05, 0) is 18.6 Å². The number of ether oxygens (including phenoxy) is 2. The van der Waals surface area contributed by atoms with Crippen LogP contribution in [0.25, 0.3) is 0 Å². The minimum Gasteiger partial charge on any atom is -0.462 e. The van der Waals surface area contributed by atoms with Gasteiger partial charge < -0.3 is 9.47 Å². The smallest absolute Gasteiger partial charge is 0.338 e. The predicted molar refractivity (Wildman–Crippen MR) is 62.9 cm³/mol. The molecule has 0 radical (unpaired) electrons. The maximum atomic E-state index is 11.9. The Morgan fingerprint density at radius 3 is 2.72 bits per heavy atom. The third kappa shape index (κ3) is 2.10. The Balaban J connectivity index is 1.59. The molecular weight excluding hydrogens is 232 g/mol. The Bertz CT molecular complexity index is 452. The van der Waals surface area contributed by atoms with Gasteiger partial charge >= 0.3 is 11.9 Å². The average Bonchev–Trinajstić information content (AvgIpc) is 2.86. The van der Waals surface area contributed by atoms with Crippen LogP contribution in [0.2, 0.25) is 0 Å². The standard InChI is InChI=1S/C14H14O4/c15-13-7-10-6-11(8-12(10)18-13)17-14(16)9-4-2-1-3-5-9/h1-5,10-12H,6-8H2. The summed E-state index contributed by atoms with van der Waals surface area (Å²) in [6, 6.07) is 8.94. The quantitative estimate of drug-likeness (QED) is 0.748. The molecule has 1 saturated carbocycles. The molecule has 1 aromatic rings. The number of carbonyl (C=O) groups is 2. The highest BCUT2D eigenvalue weighted by Gasteiger charge is 2.44. The van der Waals surface area contributed by atoms with Crippen LogP contribution in [0.1, 0.15) is 29.6 Å². The lowest BCUT2D eigenvalue weighted by atomic mass is 10.1. The minimum absolute atomic E-state index is 0.0499. The summed E-state index contributed by atoms with van der Waals surface area (Å²) in [6.07, 6.45) is 1.65. The zero-order valence-electron chi connectivity index (χ0n) is 9.87. The molecule has 2 fully saturated rings. The van der Waals surface area contributed by atoms with Crippen LogP contribution in [-0.2, 0) is 14.3 Å². The fraction of sp³-hybridized carbons (Fsp3) is 0.429. The minimum atomic E-state index is -0.299. The largest absolute Gasteiger partial charge is 0.462 e. The molecular formula is C14H14O4. The summed E-state index contributed by atoms with van der Waals surface area (Å²) >= 11 is 0. The van der Waals surface area contributed by atoms with E-state index in [1.807, 2.05) is 18.2 Å². The fourth-order valence-electron chi connectivity index (χ4n) is 2.72. The Kier molecular flexibility index (Phi) is 2.78.